The fraction of sp³-hybridized carbons (Fsp3) is 0.333. The fourth-order valence-electron chi connectivity index (χ4n) is 0.841. The van der Waals surface area contributed by atoms with Gasteiger partial charge in [0.25, 0.3) is 0 Å². The number of amides is 5. The van der Waals surface area contributed by atoms with Crippen LogP contribution in [0.3, 0.4) is 0 Å². The summed E-state index contributed by atoms with van der Waals surface area (Å²) < 4.78 is 0. The van der Waals surface area contributed by atoms with Crippen molar-refractivity contribution in [3.63, 3.8) is 0 Å². The lowest BCUT2D eigenvalue weighted by Crippen LogP contribution is -2.35. The van der Waals surface area contributed by atoms with Crippen LogP contribution in [0.2, 0.25) is 0 Å². The molecular weight excluding hydrogens is 164 g/mol. The second-order valence-corrected chi connectivity index (χ2v) is 2.31. The first-order valence-corrected chi connectivity index (χ1v) is 3.13. The molecule has 0 bridgehead atoms. The van der Waals surface area contributed by atoms with Crippen molar-refractivity contribution >= 4 is 23.8 Å². The molecule has 12 heavy (non-hydrogen) atoms. The Morgan fingerprint density at radius 1 is 1.17 bits per heavy atom. The number of nitrogens with zero attached hydrogens (tertiary/aromatic N) is 2. The van der Waals surface area contributed by atoms with Crippen LogP contribution in [0.5, 0.6) is 0 Å². The lowest BCUT2D eigenvalue weighted by Gasteiger charge is -2.06. The summed E-state index contributed by atoms with van der Waals surface area (Å²) in [5.74, 6) is -2.81. The Bertz CT molecular complexity index is 296. The van der Waals surface area contributed by atoms with E-state index in [2.05, 4.69) is 0 Å². The van der Waals surface area contributed by atoms with Crippen LogP contribution in [0.15, 0.2) is 0 Å². The van der Waals surface area contributed by atoms with E-state index in [0.29, 0.717) is 9.80 Å². The number of imide groups is 4. The van der Waals surface area contributed by atoms with Gasteiger partial charge in [-0.1, -0.05) is 0 Å². The predicted molar refractivity (Wildman–Crippen MR) is 35.7 cm³/mol. The van der Waals surface area contributed by atoms with Gasteiger partial charge in [0, 0.05) is 14.0 Å². The first kappa shape index (κ1) is 8.38. The molecule has 1 heterocycles. The van der Waals surface area contributed by atoms with Crippen molar-refractivity contribution in [2.45, 2.75) is 6.92 Å². The topological polar surface area (TPSA) is 74.8 Å². The van der Waals surface area contributed by atoms with Crippen LogP contribution in [-0.4, -0.2) is 40.6 Å². The first-order chi connectivity index (χ1) is 5.46. The van der Waals surface area contributed by atoms with Gasteiger partial charge in [0.05, 0.1) is 0 Å². The van der Waals surface area contributed by atoms with E-state index in [-0.39, 0.29) is 0 Å². The standard InChI is InChI=1S/C6H6N2O4/c1-3(9)8-5(11)4(10)7(2)6(8)12/h1-2H3. The van der Waals surface area contributed by atoms with E-state index < -0.39 is 23.8 Å². The zero-order valence-corrected chi connectivity index (χ0v) is 6.53. The van der Waals surface area contributed by atoms with Gasteiger partial charge in [-0.2, -0.15) is 4.90 Å². The molecule has 0 N–H and O–H groups in total. The lowest BCUT2D eigenvalue weighted by atomic mass is 10.5. The van der Waals surface area contributed by atoms with Gasteiger partial charge in [-0.15, -0.1) is 0 Å². The second-order valence-electron chi connectivity index (χ2n) is 2.31. The smallest absolute Gasteiger partial charge is 0.274 e. The zero-order valence-electron chi connectivity index (χ0n) is 6.53. The first-order valence-electron chi connectivity index (χ1n) is 3.13. The third-order valence-electron chi connectivity index (χ3n) is 1.48. The van der Waals surface area contributed by atoms with Crippen LogP contribution >= 0.6 is 0 Å². The molecule has 6 heteroatoms. The Balaban J connectivity index is 3.07. The van der Waals surface area contributed by atoms with Gasteiger partial charge in [0.1, 0.15) is 0 Å². The summed E-state index contributed by atoms with van der Waals surface area (Å²) >= 11 is 0. The number of hydrogen-bond acceptors (Lipinski definition) is 4. The maximum Gasteiger partial charge on any atom is 0.340 e. The highest BCUT2D eigenvalue weighted by Crippen LogP contribution is 2.08. The summed E-state index contributed by atoms with van der Waals surface area (Å²) in [5, 5.41) is 0. The molecule has 0 spiro atoms. The highest BCUT2D eigenvalue weighted by atomic mass is 16.2. The molecular formula is C6H6N2O4. The van der Waals surface area contributed by atoms with Crippen LogP contribution in [-0.2, 0) is 14.4 Å². The van der Waals surface area contributed by atoms with E-state index in [1.165, 1.54) is 0 Å². The van der Waals surface area contributed by atoms with E-state index in [1.54, 1.807) is 0 Å². The van der Waals surface area contributed by atoms with Gasteiger partial charge >= 0.3 is 17.8 Å². The van der Waals surface area contributed by atoms with Crippen LogP contribution in [0.1, 0.15) is 6.92 Å². The molecule has 6 nitrogen and oxygen atoms in total. The molecule has 5 amide bonds. The summed E-state index contributed by atoms with van der Waals surface area (Å²) in [6.07, 6.45) is 0. The third kappa shape index (κ3) is 0.884. The zero-order chi connectivity index (χ0) is 9.46. The molecule has 64 valence electrons. The monoisotopic (exact) mass is 170 g/mol. The highest BCUT2D eigenvalue weighted by Gasteiger charge is 2.44. The van der Waals surface area contributed by atoms with Gasteiger partial charge < -0.3 is 0 Å². The molecule has 0 aliphatic carbocycles. The van der Waals surface area contributed by atoms with Crippen molar-refractivity contribution in [1.29, 1.82) is 0 Å². The van der Waals surface area contributed by atoms with Gasteiger partial charge in [0.15, 0.2) is 0 Å². The minimum atomic E-state index is -1.09. The molecule has 0 aromatic carbocycles. The van der Waals surface area contributed by atoms with E-state index in [1.807, 2.05) is 0 Å². The van der Waals surface area contributed by atoms with Crippen molar-refractivity contribution in [2.75, 3.05) is 7.05 Å². The highest BCUT2D eigenvalue weighted by molar-refractivity contribution is 6.47. The molecule has 1 aliphatic heterocycles. The quantitative estimate of drug-likeness (QED) is 0.343. The molecule has 0 radical (unpaired) electrons. The van der Waals surface area contributed by atoms with Gasteiger partial charge in [-0.3, -0.25) is 19.3 Å². The van der Waals surface area contributed by atoms with Crippen molar-refractivity contribution in [1.82, 2.24) is 9.80 Å². The normalized spacial score (nSPS) is 17.7. The van der Waals surface area contributed by atoms with Crippen molar-refractivity contribution in [3.8, 4) is 0 Å². The number of carbonyl (C=O) groups is 4. The number of rotatable bonds is 0. The SMILES string of the molecule is CC(=O)N1C(=O)C(=O)N(C)C1=O. The van der Waals surface area contributed by atoms with Crippen LogP contribution < -0.4 is 0 Å². The molecule has 1 saturated heterocycles. The average molecular weight is 170 g/mol. The minimum absolute atomic E-state index is 0.308. The number of likely N-dealkylation sites (N-methyl/N-ethyl adjacent to an activating group) is 1. The molecule has 0 aromatic rings. The minimum Gasteiger partial charge on any atom is -0.274 e. The summed E-state index contributed by atoms with van der Waals surface area (Å²) in [5.41, 5.74) is 0. The Morgan fingerprint density at radius 2 is 1.67 bits per heavy atom. The fourth-order valence-corrected chi connectivity index (χ4v) is 0.841. The van der Waals surface area contributed by atoms with Crippen LogP contribution in [0.4, 0.5) is 4.79 Å². The third-order valence-corrected chi connectivity index (χ3v) is 1.48. The van der Waals surface area contributed by atoms with Crippen molar-refractivity contribution in [3.05, 3.63) is 0 Å². The molecule has 0 saturated carbocycles. The van der Waals surface area contributed by atoms with Gasteiger partial charge in [-0.05, 0) is 0 Å². The van der Waals surface area contributed by atoms with Crippen molar-refractivity contribution in [2.24, 2.45) is 0 Å². The number of urea groups is 1. The largest absolute Gasteiger partial charge is 0.340 e. The number of carbonyl (C=O) groups excluding carboxylic acids is 4. The lowest BCUT2D eigenvalue weighted by molar-refractivity contribution is -0.146. The van der Waals surface area contributed by atoms with Gasteiger partial charge in [-0.25, -0.2) is 4.79 Å². The van der Waals surface area contributed by atoms with Gasteiger partial charge in [0.2, 0.25) is 5.91 Å². The molecule has 1 rings (SSSR count). The summed E-state index contributed by atoms with van der Waals surface area (Å²) in [7, 11) is 1.14. The van der Waals surface area contributed by atoms with Crippen molar-refractivity contribution < 1.29 is 19.2 Å². The molecule has 0 unspecified atom stereocenters. The number of hydrogen-bond donors (Lipinski definition) is 0. The van der Waals surface area contributed by atoms with E-state index in [0.717, 1.165) is 14.0 Å². The predicted octanol–water partition coefficient (Wildman–Crippen LogP) is -1.05. The Kier molecular flexibility index (Phi) is 1.68. The average Bonchev–Trinajstić information content (AvgIpc) is 2.16. The Morgan fingerprint density at radius 3 is 1.83 bits per heavy atom. The van der Waals surface area contributed by atoms with E-state index >= 15 is 0 Å². The molecule has 1 fully saturated rings. The summed E-state index contributed by atoms with van der Waals surface area (Å²) in [4.78, 5) is 44.2. The maximum atomic E-state index is 11.0. The molecule has 0 aromatic heterocycles. The maximum absolute atomic E-state index is 11.0. The summed E-state index contributed by atoms with van der Waals surface area (Å²) in [6, 6.07) is -0.891. The van der Waals surface area contributed by atoms with Crippen LogP contribution in [0, 0.1) is 0 Å². The second kappa shape index (κ2) is 2.40. The summed E-state index contributed by atoms with van der Waals surface area (Å²) in [6.45, 7) is 1.04. The Hall–Kier alpha value is -1.72. The molecule has 0 atom stereocenters. The molecule has 1 aliphatic rings. The van der Waals surface area contributed by atoms with Crippen LogP contribution in [0.25, 0.3) is 0 Å². The van der Waals surface area contributed by atoms with E-state index in [4.69, 9.17) is 0 Å². The Labute approximate surface area is 67.7 Å². The van der Waals surface area contributed by atoms with E-state index in [9.17, 15) is 19.2 Å².